The van der Waals surface area contributed by atoms with Crippen LogP contribution >= 0.6 is 0 Å². The molecule has 1 aromatic heterocycles. The molecule has 0 aromatic carbocycles. The summed E-state index contributed by atoms with van der Waals surface area (Å²) in [5.41, 5.74) is 0.114. The molecule has 2 aliphatic heterocycles. The van der Waals surface area contributed by atoms with Crippen molar-refractivity contribution in [3.05, 3.63) is 30.1 Å². The minimum Gasteiger partial charge on any atom is -0.477 e. The molecule has 1 aromatic rings. The van der Waals surface area contributed by atoms with Crippen molar-refractivity contribution in [1.82, 2.24) is 9.88 Å². The number of hydrogen-bond donors (Lipinski definition) is 1. The highest BCUT2D eigenvalue weighted by Gasteiger charge is 2.44. The fraction of sp³-hybridized carbons (Fsp3) is 0.429. The van der Waals surface area contributed by atoms with Crippen LogP contribution in [-0.2, 0) is 9.63 Å². The molecule has 7 heteroatoms. The van der Waals surface area contributed by atoms with Crippen molar-refractivity contribution in [3.8, 4) is 0 Å². The number of pyridine rings is 1. The topological polar surface area (TPSA) is 92.1 Å². The van der Waals surface area contributed by atoms with Crippen molar-refractivity contribution in [2.24, 2.45) is 5.16 Å². The summed E-state index contributed by atoms with van der Waals surface area (Å²) in [7, 11) is 0. The van der Waals surface area contributed by atoms with Gasteiger partial charge in [0.05, 0.1) is 0 Å². The summed E-state index contributed by atoms with van der Waals surface area (Å²) in [5.74, 6) is -1.08. The number of carbonyl (C=O) groups excluding carboxylic acids is 1. The van der Waals surface area contributed by atoms with Crippen LogP contribution in [0.5, 0.6) is 0 Å². The number of hydrogen-bond acceptors (Lipinski definition) is 5. The van der Waals surface area contributed by atoms with Gasteiger partial charge in [-0.3, -0.25) is 9.78 Å². The predicted molar refractivity (Wildman–Crippen MR) is 72.9 cm³/mol. The van der Waals surface area contributed by atoms with E-state index in [4.69, 9.17) is 9.94 Å². The maximum Gasteiger partial charge on any atom is 0.353 e. The van der Waals surface area contributed by atoms with Crippen molar-refractivity contribution < 1.29 is 19.5 Å². The van der Waals surface area contributed by atoms with Gasteiger partial charge in [0.25, 0.3) is 5.91 Å². The summed E-state index contributed by atoms with van der Waals surface area (Å²) in [6.07, 6.45) is 4.66. The van der Waals surface area contributed by atoms with E-state index in [-0.39, 0.29) is 11.6 Å². The van der Waals surface area contributed by atoms with Gasteiger partial charge >= 0.3 is 5.97 Å². The van der Waals surface area contributed by atoms with Gasteiger partial charge in [0, 0.05) is 50.3 Å². The lowest BCUT2D eigenvalue weighted by molar-refractivity contribution is -0.129. The molecule has 0 bridgehead atoms. The van der Waals surface area contributed by atoms with Crippen LogP contribution < -0.4 is 0 Å². The van der Waals surface area contributed by atoms with Crippen molar-refractivity contribution >= 4 is 17.6 Å². The van der Waals surface area contributed by atoms with Crippen LogP contribution in [0.1, 0.15) is 29.6 Å². The molecule has 110 valence electrons. The first-order valence-electron chi connectivity index (χ1n) is 6.77. The SMILES string of the molecule is O=C(O)C1=NOC2(CCN(C(=O)c3ccncc3)CC2)C1. The number of nitrogens with zero attached hydrogens (tertiary/aromatic N) is 3. The fourth-order valence-corrected chi connectivity index (χ4v) is 2.70. The molecular weight excluding hydrogens is 274 g/mol. The average molecular weight is 289 g/mol. The quantitative estimate of drug-likeness (QED) is 0.874. The Morgan fingerprint density at radius 1 is 1.24 bits per heavy atom. The van der Waals surface area contributed by atoms with Crippen LogP contribution in [0.15, 0.2) is 29.7 Å². The van der Waals surface area contributed by atoms with Gasteiger partial charge in [-0.25, -0.2) is 4.79 Å². The van der Waals surface area contributed by atoms with E-state index in [2.05, 4.69) is 10.1 Å². The zero-order valence-electron chi connectivity index (χ0n) is 11.4. The van der Waals surface area contributed by atoms with Gasteiger partial charge < -0.3 is 14.8 Å². The second kappa shape index (κ2) is 5.16. The number of carbonyl (C=O) groups is 2. The molecule has 7 nitrogen and oxygen atoms in total. The Morgan fingerprint density at radius 2 is 1.90 bits per heavy atom. The van der Waals surface area contributed by atoms with Gasteiger partial charge in [-0.15, -0.1) is 0 Å². The number of aliphatic carboxylic acids is 1. The molecule has 1 N–H and O–H groups in total. The number of piperidine rings is 1. The maximum atomic E-state index is 12.3. The van der Waals surface area contributed by atoms with Gasteiger partial charge in [0.1, 0.15) is 5.60 Å². The number of oxime groups is 1. The average Bonchev–Trinajstić information content (AvgIpc) is 2.92. The van der Waals surface area contributed by atoms with Crippen LogP contribution in [0.3, 0.4) is 0 Å². The lowest BCUT2D eigenvalue weighted by atomic mass is 9.86. The fourth-order valence-electron chi connectivity index (χ4n) is 2.70. The Balaban J connectivity index is 1.62. The lowest BCUT2D eigenvalue weighted by Gasteiger charge is -2.37. The number of aromatic nitrogens is 1. The van der Waals surface area contributed by atoms with E-state index in [9.17, 15) is 9.59 Å². The molecule has 0 saturated carbocycles. The first-order valence-corrected chi connectivity index (χ1v) is 6.77. The molecule has 0 unspecified atom stereocenters. The van der Waals surface area contributed by atoms with Gasteiger partial charge in [-0.2, -0.15) is 0 Å². The standard InChI is InChI=1S/C14H15N3O4/c18-12(10-1-5-15-6-2-10)17-7-3-14(4-8-17)9-11(13(19)20)16-21-14/h1-2,5-6H,3-4,7-9H2,(H,19,20). The summed E-state index contributed by atoms with van der Waals surface area (Å²) in [6, 6.07) is 3.37. The molecule has 1 amide bonds. The highest BCUT2D eigenvalue weighted by Crippen LogP contribution is 2.35. The number of amides is 1. The van der Waals surface area contributed by atoms with Crippen molar-refractivity contribution in [2.45, 2.75) is 24.9 Å². The minimum absolute atomic E-state index is 0.0374. The third-order valence-corrected chi connectivity index (χ3v) is 3.98. The van der Waals surface area contributed by atoms with E-state index < -0.39 is 11.6 Å². The van der Waals surface area contributed by atoms with E-state index in [1.54, 1.807) is 29.4 Å². The zero-order chi connectivity index (χ0) is 14.9. The Kier molecular flexibility index (Phi) is 3.32. The first kappa shape index (κ1) is 13.5. The maximum absolute atomic E-state index is 12.3. The minimum atomic E-state index is -1.04. The van der Waals surface area contributed by atoms with E-state index in [0.717, 1.165) is 0 Å². The van der Waals surface area contributed by atoms with Crippen molar-refractivity contribution in [1.29, 1.82) is 0 Å². The third-order valence-electron chi connectivity index (χ3n) is 3.98. The molecule has 0 radical (unpaired) electrons. The number of carboxylic acids is 1. The Hall–Kier alpha value is -2.44. The normalized spacial score (nSPS) is 20.0. The molecule has 1 fully saturated rings. The van der Waals surface area contributed by atoms with Crippen molar-refractivity contribution in [2.75, 3.05) is 13.1 Å². The van der Waals surface area contributed by atoms with E-state index in [0.29, 0.717) is 37.9 Å². The highest BCUT2D eigenvalue weighted by molar-refractivity contribution is 6.36. The van der Waals surface area contributed by atoms with Crippen LogP contribution in [-0.4, -0.2) is 51.3 Å². The summed E-state index contributed by atoms with van der Waals surface area (Å²) in [5, 5.41) is 12.6. The molecular formula is C14H15N3O4. The molecule has 21 heavy (non-hydrogen) atoms. The third kappa shape index (κ3) is 2.58. The summed E-state index contributed by atoms with van der Waals surface area (Å²) < 4.78 is 0. The largest absolute Gasteiger partial charge is 0.477 e. The van der Waals surface area contributed by atoms with Crippen LogP contribution in [0, 0.1) is 0 Å². The molecule has 1 saturated heterocycles. The number of likely N-dealkylation sites (tertiary alicyclic amines) is 1. The Labute approximate surface area is 121 Å². The Morgan fingerprint density at radius 3 is 2.48 bits per heavy atom. The molecule has 3 heterocycles. The summed E-state index contributed by atoms with van der Waals surface area (Å²) in [6.45, 7) is 1.06. The van der Waals surface area contributed by atoms with E-state index in [1.165, 1.54) is 0 Å². The van der Waals surface area contributed by atoms with Gasteiger partial charge in [-0.1, -0.05) is 5.16 Å². The summed E-state index contributed by atoms with van der Waals surface area (Å²) >= 11 is 0. The smallest absolute Gasteiger partial charge is 0.353 e. The van der Waals surface area contributed by atoms with E-state index in [1.807, 2.05) is 0 Å². The van der Waals surface area contributed by atoms with Crippen LogP contribution in [0.4, 0.5) is 0 Å². The zero-order valence-corrected chi connectivity index (χ0v) is 11.4. The molecule has 0 aliphatic carbocycles. The molecule has 2 aliphatic rings. The lowest BCUT2D eigenvalue weighted by Crippen LogP contribution is -2.47. The monoisotopic (exact) mass is 289 g/mol. The van der Waals surface area contributed by atoms with Gasteiger partial charge in [0.15, 0.2) is 5.71 Å². The molecule has 0 atom stereocenters. The molecule has 1 spiro atoms. The van der Waals surface area contributed by atoms with Crippen LogP contribution in [0.25, 0.3) is 0 Å². The van der Waals surface area contributed by atoms with Crippen LogP contribution in [0.2, 0.25) is 0 Å². The first-order chi connectivity index (χ1) is 10.1. The second-order valence-corrected chi connectivity index (χ2v) is 5.32. The van der Waals surface area contributed by atoms with Gasteiger partial charge in [-0.05, 0) is 12.1 Å². The number of carboxylic acid groups (broad SMARTS) is 1. The Bertz CT molecular complexity index is 591. The van der Waals surface area contributed by atoms with Crippen molar-refractivity contribution in [3.63, 3.8) is 0 Å². The second-order valence-electron chi connectivity index (χ2n) is 5.32. The van der Waals surface area contributed by atoms with Gasteiger partial charge in [0.2, 0.25) is 0 Å². The predicted octanol–water partition coefficient (Wildman–Crippen LogP) is 0.917. The molecule has 3 rings (SSSR count). The van der Waals surface area contributed by atoms with E-state index >= 15 is 0 Å². The summed E-state index contributed by atoms with van der Waals surface area (Å²) in [4.78, 5) is 34.2. The highest BCUT2D eigenvalue weighted by atomic mass is 16.7. The number of rotatable bonds is 2.